The van der Waals surface area contributed by atoms with Gasteiger partial charge in [0.1, 0.15) is 12.0 Å². The summed E-state index contributed by atoms with van der Waals surface area (Å²) in [6.45, 7) is 1.93. The number of benzene rings is 1. The normalized spacial score (nSPS) is 10.4. The number of aliphatic hydroxyl groups excluding tert-OH is 1. The zero-order valence-electron chi connectivity index (χ0n) is 9.34. The Morgan fingerprint density at radius 2 is 2.00 bits per heavy atom. The van der Waals surface area contributed by atoms with Crippen LogP contribution < -0.4 is 4.90 Å². The summed E-state index contributed by atoms with van der Waals surface area (Å²) in [5, 5.41) is 8.90. The van der Waals surface area contributed by atoms with Gasteiger partial charge in [0.2, 0.25) is 0 Å². The smallest absolute Gasteiger partial charge is 0.301 e. The van der Waals surface area contributed by atoms with E-state index in [0.717, 1.165) is 5.69 Å². The molecule has 2 rings (SSSR count). The predicted molar refractivity (Wildman–Crippen MR) is 61.7 cm³/mol. The van der Waals surface area contributed by atoms with Gasteiger partial charge in [-0.1, -0.05) is 17.7 Å². The minimum absolute atomic E-state index is 0.106. The van der Waals surface area contributed by atoms with Crippen molar-refractivity contribution in [2.75, 3.05) is 11.9 Å². The molecule has 0 saturated carbocycles. The van der Waals surface area contributed by atoms with Gasteiger partial charge in [-0.05, 0) is 19.1 Å². The summed E-state index contributed by atoms with van der Waals surface area (Å²) in [6.07, 6.45) is 1.46. The fourth-order valence-electron chi connectivity index (χ4n) is 1.40. The molecule has 0 aliphatic rings. The lowest BCUT2D eigenvalue weighted by Crippen LogP contribution is -2.09. The van der Waals surface area contributed by atoms with Crippen molar-refractivity contribution in [1.82, 2.24) is 4.98 Å². The van der Waals surface area contributed by atoms with Gasteiger partial charge in [0.15, 0.2) is 0 Å². The quantitative estimate of drug-likeness (QED) is 0.858. The van der Waals surface area contributed by atoms with Crippen LogP contribution in [0.1, 0.15) is 11.3 Å². The highest BCUT2D eigenvalue weighted by Gasteiger charge is 2.09. The minimum atomic E-state index is -0.106. The molecule has 0 fully saturated rings. The number of aryl methyl sites for hydroxylation is 1. The monoisotopic (exact) mass is 218 g/mol. The molecule has 1 aromatic carbocycles. The summed E-state index contributed by atoms with van der Waals surface area (Å²) < 4.78 is 5.26. The molecule has 4 nitrogen and oxygen atoms in total. The molecule has 0 aliphatic heterocycles. The molecule has 0 aliphatic carbocycles. The second-order valence-corrected chi connectivity index (χ2v) is 3.67. The largest absolute Gasteiger partial charge is 0.431 e. The maximum atomic E-state index is 8.90. The number of aliphatic hydroxyl groups is 1. The van der Waals surface area contributed by atoms with Crippen molar-refractivity contribution in [2.45, 2.75) is 13.5 Å². The van der Waals surface area contributed by atoms with Gasteiger partial charge in [-0.2, -0.15) is 4.98 Å². The summed E-state index contributed by atoms with van der Waals surface area (Å²) in [5.74, 6) is 0. The van der Waals surface area contributed by atoms with Crippen molar-refractivity contribution in [3.63, 3.8) is 0 Å². The molecule has 1 heterocycles. The molecule has 1 aromatic heterocycles. The fourth-order valence-corrected chi connectivity index (χ4v) is 1.40. The molecule has 1 N–H and O–H groups in total. The van der Waals surface area contributed by atoms with Crippen LogP contribution in [0.2, 0.25) is 0 Å². The second kappa shape index (κ2) is 4.37. The Bertz CT molecular complexity index is 462. The van der Waals surface area contributed by atoms with Crippen LogP contribution in [0.15, 0.2) is 34.9 Å². The van der Waals surface area contributed by atoms with Crippen LogP contribution in [-0.4, -0.2) is 17.1 Å². The molecule has 84 valence electrons. The molecule has 0 radical (unpaired) electrons. The van der Waals surface area contributed by atoms with E-state index in [1.54, 1.807) is 0 Å². The first kappa shape index (κ1) is 10.7. The molecule has 2 aromatic rings. The van der Waals surface area contributed by atoms with E-state index in [1.165, 1.54) is 11.8 Å². The van der Waals surface area contributed by atoms with Gasteiger partial charge in [0.25, 0.3) is 0 Å². The summed E-state index contributed by atoms with van der Waals surface area (Å²) >= 11 is 0. The van der Waals surface area contributed by atoms with E-state index < -0.39 is 0 Å². The third-order valence-corrected chi connectivity index (χ3v) is 2.41. The second-order valence-electron chi connectivity index (χ2n) is 3.67. The van der Waals surface area contributed by atoms with E-state index in [4.69, 9.17) is 9.52 Å². The number of nitrogens with zero attached hydrogens (tertiary/aromatic N) is 2. The Balaban J connectivity index is 2.24. The maximum absolute atomic E-state index is 8.90. The van der Waals surface area contributed by atoms with Crippen LogP contribution in [0, 0.1) is 6.92 Å². The Morgan fingerprint density at radius 1 is 1.31 bits per heavy atom. The van der Waals surface area contributed by atoms with Crippen LogP contribution in [0.5, 0.6) is 0 Å². The van der Waals surface area contributed by atoms with Crippen LogP contribution in [-0.2, 0) is 6.61 Å². The number of anilines is 2. The zero-order chi connectivity index (χ0) is 11.5. The SMILES string of the molecule is Cc1ccc(N(C)c2nc(CO)co2)cc1. The van der Waals surface area contributed by atoms with Crippen molar-refractivity contribution in [3.05, 3.63) is 41.8 Å². The van der Waals surface area contributed by atoms with Gasteiger partial charge in [-0.25, -0.2) is 0 Å². The van der Waals surface area contributed by atoms with Gasteiger partial charge in [0, 0.05) is 12.7 Å². The van der Waals surface area contributed by atoms with E-state index in [1.807, 2.05) is 43.1 Å². The average molecular weight is 218 g/mol. The van der Waals surface area contributed by atoms with E-state index in [0.29, 0.717) is 11.7 Å². The van der Waals surface area contributed by atoms with Crippen LogP contribution in [0.25, 0.3) is 0 Å². The van der Waals surface area contributed by atoms with Gasteiger partial charge < -0.3 is 9.52 Å². The summed E-state index contributed by atoms with van der Waals surface area (Å²) in [6, 6.07) is 8.53. The number of hydrogen-bond acceptors (Lipinski definition) is 4. The first-order valence-corrected chi connectivity index (χ1v) is 5.06. The Labute approximate surface area is 94.2 Å². The number of aromatic nitrogens is 1. The summed E-state index contributed by atoms with van der Waals surface area (Å²) in [5.41, 5.74) is 2.74. The summed E-state index contributed by atoms with van der Waals surface area (Å²) in [7, 11) is 1.87. The van der Waals surface area contributed by atoms with Gasteiger partial charge >= 0.3 is 6.01 Å². The Hall–Kier alpha value is -1.81. The number of hydrogen-bond donors (Lipinski definition) is 1. The molecule has 0 unspecified atom stereocenters. The van der Waals surface area contributed by atoms with E-state index >= 15 is 0 Å². The highest BCUT2D eigenvalue weighted by atomic mass is 16.4. The van der Waals surface area contributed by atoms with E-state index in [-0.39, 0.29) is 6.61 Å². The van der Waals surface area contributed by atoms with Crippen LogP contribution in [0.4, 0.5) is 11.7 Å². The lowest BCUT2D eigenvalue weighted by atomic mass is 10.2. The molecule has 0 saturated heterocycles. The summed E-state index contributed by atoms with van der Waals surface area (Å²) in [4.78, 5) is 5.97. The molecule has 0 atom stereocenters. The molecule has 0 amide bonds. The van der Waals surface area contributed by atoms with Crippen molar-refractivity contribution in [3.8, 4) is 0 Å². The van der Waals surface area contributed by atoms with Gasteiger partial charge in [0.05, 0.1) is 6.61 Å². The highest BCUT2D eigenvalue weighted by molar-refractivity contribution is 5.55. The van der Waals surface area contributed by atoms with Crippen molar-refractivity contribution < 1.29 is 9.52 Å². The lowest BCUT2D eigenvalue weighted by Gasteiger charge is -2.14. The highest BCUT2D eigenvalue weighted by Crippen LogP contribution is 2.22. The first-order chi connectivity index (χ1) is 7.70. The van der Waals surface area contributed by atoms with Gasteiger partial charge in [-0.15, -0.1) is 0 Å². The Kier molecular flexibility index (Phi) is 2.92. The maximum Gasteiger partial charge on any atom is 0.301 e. The third-order valence-electron chi connectivity index (χ3n) is 2.41. The molecule has 0 spiro atoms. The van der Waals surface area contributed by atoms with Gasteiger partial charge in [-0.3, -0.25) is 4.90 Å². The molecule has 4 heteroatoms. The van der Waals surface area contributed by atoms with Crippen molar-refractivity contribution in [2.24, 2.45) is 0 Å². The first-order valence-electron chi connectivity index (χ1n) is 5.06. The zero-order valence-corrected chi connectivity index (χ0v) is 9.34. The lowest BCUT2D eigenvalue weighted by molar-refractivity contribution is 0.276. The molecular weight excluding hydrogens is 204 g/mol. The molecule has 16 heavy (non-hydrogen) atoms. The van der Waals surface area contributed by atoms with Crippen LogP contribution in [0.3, 0.4) is 0 Å². The van der Waals surface area contributed by atoms with E-state index in [2.05, 4.69) is 4.98 Å². The van der Waals surface area contributed by atoms with Crippen molar-refractivity contribution >= 4 is 11.7 Å². The Morgan fingerprint density at radius 3 is 2.56 bits per heavy atom. The van der Waals surface area contributed by atoms with Crippen LogP contribution >= 0.6 is 0 Å². The molecular formula is C12H14N2O2. The fraction of sp³-hybridized carbons (Fsp3) is 0.250. The van der Waals surface area contributed by atoms with Crippen molar-refractivity contribution in [1.29, 1.82) is 0 Å². The topological polar surface area (TPSA) is 49.5 Å². The predicted octanol–water partition coefficient (Wildman–Crippen LogP) is 2.24. The average Bonchev–Trinajstić information content (AvgIpc) is 2.77. The van der Waals surface area contributed by atoms with E-state index in [9.17, 15) is 0 Å². The standard InChI is InChI=1S/C12H14N2O2/c1-9-3-5-11(6-4-9)14(2)12-13-10(7-15)8-16-12/h3-6,8,15H,7H2,1-2H3. The number of oxazole rings is 1. The minimum Gasteiger partial charge on any atom is -0.431 e. The molecule has 0 bridgehead atoms. The number of rotatable bonds is 3. The third kappa shape index (κ3) is 2.06.